The zero-order valence-electron chi connectivity index (χ0n) is 11.3. The number of rotatable bonds is 3. The van der Waals surface area contributed by atoms with Gasteiger partial charge in [-0.3, -0.25) is 4.90 Å². The summed E-state index contributed by atoms with van der Waals surface area (Å²) >= 11 is 0. The molecule has 1 N–H and O–H groups in total. The lowest BCUT2D eigenvalue weighted by Gasteiger charge is -2.36. The smallest absolute Gasteiger partial charge is 0.0446 e. The summed E-state index contributed by atoms with van der Waals surface area (Å²) < 4.78 is 0. The zero-order valence-corrected chi connectivity index (χ0v) is 11.3. The van der Waals surface area contributed by atoms with Gasteiger partial charge in [-0.05, 0) is 45.8 Å². The Hall–Kier alpha value is -0.120. The average Bonchev–Trinajstić information content (AvgIpc) is 2.54. The lowest BCUT2D eigenvalue weighted by Crippen LogP contribution is -2.44. The molecule has 1 aliphatic heterocycles. The molecule has 0 aromatic heterocycles. The molecule has 0 spiro atoms. The summed E-state index contributed by atoms with van der Waals surface area (Å²) in [6.45, 7) is 3.94. The van der Waals surface area contributed by atoms with Crippen LogP contribution in [0.1, 0.15) is 44.9 Å². The van der Waals surface area contributed by atoms with E-state index in [0.717, 1.165) is 12.5 Å². The van der Waals surface area contributed by atoms with E-state index in [9.17, 15) is 5.11 Å². The minimum absolute atomic E-state index is 0.327. The van der Waals surface area contributed by atoms with Gasteiger partial charge in [0.2, 0.25) is 0 Å². The molecular weight excluding hydrogens is 212 g/mol. The Labute approximate surface area is 106 Å². The van der Waals surface area contributed by atoms with Crippen LogP contribution >= 0.6 is 0 Å². The topological polar surface area (TPSA) is 26.7 Å². The predicted molar refractivity (Wildman–Crippen MR) is 71.2 cm³/mol. The molecule has 1 unspecified atom stereocenters. The minimum Gasteiger partial charge on any atom is -0.396 e. The highest BCUT2D eigenvalue weighted by atomic mass is 16.3. The van der Waals surface area contributed by atoms with E-state index in [1.807, 2.05) is 0 Å². The zero-order chi connectivity index (χ0) is 12.1. The Kier molecular flexibility index (Phi) is 5.26. The molecule has 2 rings (SSSR count). The van der Waals surface area contributed by atoms with Crippen molar-refractivity contribution in [3.63, 3.8) is 0 Å². The Morgan fingerprint density at radius 3 is 2.53 bits per heavy atom. The first-order valence-electron chi connectivity index (χ1n) is 7.36. The van der Waals surface area contributed by atoms with E-state index in [4.69, 9.17) is 0 Å². The van der Waals surface area contributed by atoms with Gasteiger partial charge in [-0.15, -0.1) is 0 Å². The highest BCUT2D eigenvalue weighted by molar-refractivity contribution is 4.83. The molecule has 1 saturated heterocycles. The van der Waals surface area contributed by atoms with Crippen LogP contribution in [0.3, 0.4) is 0 Å². The quantitative estimate of drug-likeness (QED) is 0.813. The third-order valence-corrected chi connectivity index (χ3v) is 4.58. The summed E-state index contributed by atoms with van der Waals surface area (Å²) in [6.07, 6.45) is 9.29. The van der Waals surface area contributed by atoms with Gasteiger partial charge in [-0.1, -0.05) is 19.3 Å². The van der Waals surface area contributed by atoms with Gasteiger partial charge in [-0.25, -0.2) is 0 Å². The van der Waals surface area contributed by atoms with Crippen LogP contribution < -0.4 is 0 Å². The van der Waals surface area contributed by atoms with Crippen LogP contribution in [-0.4, -0.2) is 60.3 Å². The van der Waals surface area contributed by atoms with Crippen molar-refractivity contribution in [2.75, 3.05) is 33.3 Å². The number of hydrogen-bond acceptors (Lipinski definition) is 3. The van der Waals surface area contributed by atoms with E-state index in [0.29, 0.717) is 12.6 Å². The van der Waals surface area contributed by atoms with Crippen molar-refractivity contribution in [1.29, 1.82) is 0 Å². The number of aliphatic hydroxyl groups excluding tert-OH is 1. The van der Waals surface area contributed by atoms with Gasteiger partial charge in [0.1, 0.15) is 0 Å². The number of aliphatic hydroxyl groups is 1. The summed E-state index contributed by atoms with van der Waals surface area (Å²) in [5.41, 5.74) is 0. The van der Waals surface area contributed by atoms with Crippen LogP contribution in [-0.2, 0) is 0 Å². The molecule has 1 atom stereocenters. The standard InChI is InChI=1S/C14H28N2O/c1-15-9-5-10-16(12-14(15)8-11-17)13-6-3-2-4-7-13/h13-14,17H,2-12H2,1H3. The van der Waals surface area contributed by atoms with Crippen LogP contribution in [0.25, 0.3) is 0 Å². The molecule has 0 radical (unpaired) electrons. The van der Waals surface area contributed by atoms with Gasteiger partial charge in [0, 0.05) is 25.2 Å². The van der Waals surface area contributed by atoms with Crippen molar-refractivity contribution in [1.82, 2.24) is 9.80 Å². The first-order valence-corrected chi connectivity index (χ1v) is 7.36. The van der Waals surface area contributed by atoms with Crippen molar-refractivity contribution in [2.24, 2.45) is 0 Å². The number of likely N-dealkylation sites (N-methyl/N-ethyl adjacent to an activating group) is 1. The molecular formula is C14H28N2O. The Balaban J connectivity index is 1.92. The van der Waals surface area contributed by atoms with E-state index in [1.54, 1.807) is 0 Å². The fraction of sp³-hybridized carbons (Fsp3) is 1.00. The highest BCUT2D eigenvalue weighted by Crippen LogP contribution is 2.24. The summed E-state index contributed by atoms with van der Waals surface area (Å²) in [6, 6.07) is 1.39. The van der Waals surface area contributed by atoms with Gasteiger partial charge in [0.15, 0.2) is 0 Å². The molecule has 2 aliphatic rings. The van der Waals surface area contributed by atoms with Crippen LogP contribution in [0.5, 0.6) is 0 Å². The fourth-order valence-electron chi connectivity index (χ4n) is 3.45. The summed E-state index contributed by atoms with van der Waals surface area (Å²) in [5, 5.41) is 9.18. The van der Waals surface area contributed by atoms with Crippen molar-refractivity contribution in [3.05, 3.63) is 0 Å². The second-order valence-corrected chi connectivity index (χ2v) is 5.79. The third-order valence-electron chi connectivity index (χ3n) is 4.58. The largest absolute Gasteiger partial charge is 0.396 e. The average molecular weight is 240 g/mol. The Morgan fingerprint density at radius 1 is 1.06 bits per heavy atom. The predicted octanol–water partition coefficient (Wildman–Crippen LogP) is 1.71. The van der Waals surface area contributed by atoms with Crippen molar-refractivity contribution in [3.8, 4) is 0 Å². The lowest BCUT2D eigenvalue weighted by atomic mass is 9.93. The van der Waals surface area contributed by atoms with Crippen molar-refractivity contribution < 1.29 is 5.11 Å². The molecule has 1 aliphatic carbocycles. The maximum atomic E-state index is 9.18. The SMILES string of the molecule is CN1CCCN(C2CCCCC2)CC1CCO. The monoisotopic (exact) mass is 240 g/mol. The second-order valence-electron chi connectivity index (χ2n) is 5.79. The molecule has 0 bridgehead atoms. The van der Waals surface area contributed by atoms with Crippen molar-refractivity contribution in [2.45, 2.75) is 57.0 Å². The van der Waals surface area contributed by atoms with Crippen molar-refractivity contribution >= 4 is 0 Å². The van der Waals surface area contributed by atoms with Gasteiger partial charge in [0.25, 0.3) is 0 Å². The second kappa shape index (κ2) is 6.72. The van der Waals surface area contributed by atoms with Gasteiger partial charge in [-0.2, -0.15) is 0 Å². The fourth-order valence-corrected chi connectivity index (χ4v) is 3.45. The molecule has 2 fully saturated rings. The first kappa shape index (κ1) is 13.3. The van der Waals surface area contributed by atoms with Gasteiger partial charge < -0.3 is 10.0 Å². The van der Waals surface area contributed by atoms with E-state index >= 15 is 0 Å². The molecule has 100 valence electrons. The third kappa shape index (κ3) is 3.67. The molecule has 3 heteroatoms. The summed E-state index contributed by atoms with van der Waals surface area (Å²) in [4.78, 5) is 5.15. The van der Waals surface area contributed by atoms with Crippen LogP contribution in [0, 0.1) is 0 Å². The van der Waals surface area contributed by atoms with Crippen LogP contribution in [0.2, 0.25) is 0 Å². The Bertz CT molecular complexity index is 216. The molecule has 3 nitrogen and oxygen atoms in total. The van der Waals surface area contributed by atoms with Gasteiger partial charge in [0.05, 0.1) is 0 Å². The van der Waals surface area contributed by atoms with E-state index < -0.39 is 0 Å². The first-order chi connectivity index (χ1) is 8.31. The number of hydrogen-bond donors (Lipinski definition) is 1. The Morgan fingerprint density at radius 2 is 1.82 bits per heavy atom. The molecule has 0 aromatic rings. The normalized spacial score (nSPS) is 30.4. The maximum absolute atomic E-state index is 9.18. The molecule has 17 heavy (non-hydrogen) atoms. The number of nitrogens with zero attached hydrogens (tertiary/aromatic N) is 2. The summed E-state index contributed by atoms with van der Waals surface area (Å²) in [7, 11) is 2.21. The van der Waals surface area contributed by atoms with Gasteiger partial charge >= 0.3 is 0 Å². The van der Waals surface area contributed by atoms with Crippen LogP contribution in [0.15, 0.2) is 0 Å². The summed E-state index contributed by atoms with van der Waals surface area (Å²) in [5.74, 6) is 0. The maximum Gasteiger partial charge on any atom is 0.0446 e. The molecule has 0 amide bonds. The van der Waals surface area contributed by atoms with E-state index in [2.05, 4.69) is 16.8 Å². The van der Waals surface area contributed by atoms with E-state index in [1.165, 1.54) is 58.2 Å². The molecule has 1 heterocycles. The highest BCUT2D eigenvalue weighted by Gasteiger charge is 2.27. The lowest BCUT2D eigenvalue weighted by molar-refractivity contribution is 0.121. The molecule has 1 saturated carbocycles. The minimum atomic E-state index is 0.327. The molecule has 0 aromatic carbocycles. The van der Waals surface area contributed by atoms with E-state index in [-0.39, 0.29) is 0 Å². The van der Waals surface area contributed by atoms with Crippen LogP contribution in [0.4, 0.5) is 0 Å².